The van der Waals surface area contributed by atoms with E-state index < -0.39 is 11.9 Å². The van der Waals surface area contributed by atoms with Crippen LogP contribution < -0.4 is 9.47 Å². The van der Waals surface area contributed by atoms with Gasteiger partial charge >= 0.3 is 11.9 Å². The number of carbonyl (C=O) groups excluding carboxylic acids is 1. The highest BCUT2D eigenvalue weighted by Crippen LogP contribution is 2.41. The fraction of sp³-hybridized carbons (Fsp3) is 0.529. The summed E-state index contributed by atoms with van der Waals surface area (Å²) in [6.07, 6.45) is 1.67. The molecule has 1 atom stereocenters. The molecule has 1 unspecified atom stereocenters. The van der Waals surface area contributed by atoms with Gasteiger partial charge in [-0.3, -0.25) is 9.59 Å². The van der Waals surface area contributed by atoms with Crippen molar-refractivity contribution in [1.29, 1.82) is 0 Å². The molecule has 1 aromatic carbocycles. The van der Waals surface area contributed by atoms with E-state index in [1.54, 1.807) is 0 Å². The highest BCUT2D eigenvalue weighted by Gasteiger charge is 2.25. The van der Waals surface area contributed by atoms with Gasteiger partial charge in [0.25, 0.3) is 0 Å². The number of esters is 1. The van der Waals surface area contributed by atoms with Crippen molar-refractivity contribution in [3.8, 4) is 11.5 Å². The quantitative estimate of drug-likeness (QED) is 0.683. The minimum atomic E-state index is -1.01. The Morgan fingerprint density at radius 1 is 1.18 bits per heavy atom. The van der Waals surface area contributed by atoms with Gasteiger partial charge in [0.1, 0.15) is 11.5 Å². The van der Waals surface area contributed by atoms with Crippen molar-refractivity contribution in [1.82, 2.24) is 0 Å². The van der Waals surface area contributed by atoms with Gasteiger partial charge in [0.2, 0.25) is 0 Å². The first kappa shape index (κ1) is 16.3. The fourth-order valence-electron chi connectivity index (χ4n) is 2.75. The van der Waals surface area contributed by atoms with E-state index in [1.165, 1.54) is 0 Å². The molecule has 5 heteroatoms. The lowest BCUT2D eigenvalue weighted by atomic mass is 9.92. The molecule has 1 aliphatic heterocycles. The minimum Gasteiger partial charge on any atom is -0.490 e. The molecule has 1 N–H and O–H groups in total. The number of ether oxygens (including phenoxy) is 2. The summed E-state index contributed by atoms with van der Waals surface area (Å²) in [5, 5.41) is 8.64. The van der Waals surface area contributed by atoms with Crippen molar-refractivity contribution in [2.24, 2.45) is 0 Å². The van der Waals surface area contributed by atoms with Gasteiger partial charge in [-0.25, -0.2) is 0 Å². The SMILES string of the molecule is Cc1c(C)c2c(c(C)c1OC(=O)CCC(=O)O)CCC(C)O2. The van der Waals surface area contributed by atoms with Crippen molar-refractivity contribution in [3.05, 3.63) is 22.3 Å². The van der Waals surface area contributed by atoms with Gasteiger partial charge in [0.05, 0.1) is 18.9 Å². The molecule has 0 saturated heterocycles. The lowest BCUT2D eigenvalue weighted by Crippen LogP contribution is -2.22. The van der Waals surface area contributed by atoms with Gasteiger partial charge in [-0.1, -0.05) is 0 Å². The van der Waals surface area contributed by atoms with Crippen LogP contribution in [0.25, 0.3) is 0 Å². The number of benzene rings is 1. The molecule has 0 fully saturated rings. The van der Waals surface area contributed by atoms with E-state index in [4.69, 9.17) is 14.6 Å². The first-order chi connectivity index (χ1) is 10.3. The summed E-state index contributed by atoms with van der Waals surface area (Å²) in [7, 11) is 0. The van der Waals surface area contributed by atoms with Crippen molar-refractivity contribution in [2.45, 2.75) is 59.5 Å². The van der Waals surface area contributed by atoms with E-state index in [0.29, 0.717) is 5.75 Å². The molecule has 0 aromatic heterocycles. The van der Waals surface area contributed by atoms with Gasteiger partial charge in [0, 0.05) is 5.56 Å². The Balaban J connectivity index is 2.31. The normalized spacial score (nSPS) is 16.6. The molecular weight excluding hydrogens is 284 g/mol. The molecule has 0 saturated carbocycles. The Hall–Kier alpha value is -2.04. The topological polar surface area (TPSA) is 72.8 Å². The van der Waals surface area contributed by atoms with Crippen molar-refractivity contribution < 1.29 is 24.2 Å². The third-order valence-electron chi connectivity index (χ3n) is 4.19. The van der Waals surface area contributed by atoms with Crippen molar-refractivity contribution in [3.63, 3.8) is 0 Å². The number of fused-ring (bicyclic) bond motifs is 1. The average molecular weight is 306 g/mol. The third kappa shape index (κ3) is 3.24. The van der Waals surface area contributed by atoms with Crippen LogP contribution in [0, 0.1) is 20.8 Å². The molecule has 120 valence electrons. The summed E-state index contributed by atoms with van der Waals surface area (Å²) < 4.78 is 11.4. The molecule has 1 aliphatic rings. The average Bonchev–Trinajstić information content (AvgIpc) is 2.47. The molecule has 5 nitrogen and oxygen atoms in total. The monoisotopic (exact) mass is 306 g/mol. The van der Waals surface area contributed by atoms with Crippen LogP contribution in [0.3, 0.4) is 0 Å². The van der Waals surface area contributed by atoms with Gasteiger partial charge in [-0.15, -0.1) is 0 Å². The maximum atomic E-state index is 11.8. The Kier molecular flexibility index (Phi) is 4.74. The number of carboxylic acids is 1. The molecule has 0 bridgehead atoms. The van der Waals surface area contributed by atoms with E-state index >= 15 is 0 Å². The molecule has 1 heterocycles. The maximum absolute atomic E-state index is 11.8. The van der Waals surface area contributed by atoms with Crippen LogP contribution >= 0.6 is 0 Å². The molecule has 0 amide bonds. The number of carbonyl (C=O) groups is 2. The molecular formula is C17H22O5. The minimum absolute atomic E-state index is 0.127. The maximum Gasteiger partial charge on any atom is 0.311 e. The highest BCUT2D eigenvalue weighted by atomic mass is 16.5. The first-order valence-corrected chi connectivity index (χ1v) is 7.53. The summed E-state index contributed by atoms with van der Waals surface area (Å²) in [5.74, 6) is -0.0728. The van der Waals surface area contributed by atoms with Gasteiger partial charge in [-0.2, -0.15) is 0 Å². The number of carboxylic acid groups (broad SMARTS) is 1. The van der Waals surface area contributed by atoms with E-state index in [-0.39, 0.29) is 18.9 Å². The van der Waals surface area contributed by atoms with Crippen LogP contribution in [0.1, 0.15) is 48.4 Å². The second-order valence-electron chi connectivity index (χ2n) is 5.85. The van der Waals surface area contributed by atoms with E-state index in [9.17, 15) is 9.59 Å². The van der Waals surface area contributed by atoms with Crippen LogP contribution in [0.15, 0.2) is 0 Å². The number of hydrogen-bond donors (Lipinski definition) is 1. The van der Waals surface area contributed by atoms with Crippen LogP contribution in [-0.2, 0) is 16.0 Å². The zero-order valence-electron chi connectivity index (χ0n) is 13.5. The number of aliphatic carboxylic acids is 1. The largest absolute Gasteiger partial charge is 0.490 e. The van der Waals surface area contributed by atoms with Crippen molar-refractivity contribution in [2.75, 3.05) is 0 Å². The van der Waals surface area contributed by atoms with E-state index in [0.717, 1.165) is 40.8 Å². The van der Waals surface area contributed by atoms with Crippen molar-refractivity contribution >= 4 is 11.9 Å². The standard InChI is InChI=1S/C17H22O5/c1-9-5-6-13-12(4)16(10(2)11(3)17(13)21-9)22-15(20)8-7-14(18)19/h9H,5-8H2,1-4H3,(H,18,19). The number of rotatable bonds is 4. The molecule has 0 aliphatic carbocycles. The smallest absolute Gasteiger partial charge is 0.311 e. The summed E-state index contributed by atoms with van der Waals surface area (Å²) >= 11 is 0. The lowest BCUT2D eigenvalue weighted by Gasteiger charge is -2.28. The Labute approximate surface area is 130 Å². The van der Waals surface area contributed by atoms with E-state index in [2.05, 4.69) is 0 Å². The molecule has 0 spiro atoms. The van der Waals surface area contributed by atoms with Crippen LogP contribution in [0.4, 0.5) is 0 Å². The second-order valence-corrected chi connectivity index (χ2v) is 5.85. The zero-order chi connectivity index (χ0) is 16.4. The van der Waals surface area contributed by atoms with E-state index in [1.807, 2.05) is 27.7 Å². The zero-order valence-corrected chi connectivity index (χ0v) is 13.5. The Morgan fingerprint density at radius 3 is 2.50 bits per heavy atom. The fourth-order valence-corrected chi connectivity index (χ4v) is 2.75. The lowest BCUT2D eigenvalue weighted by molar-refractivity contribution is -0.142. The predicted molar refractivity (Wildman–Crippen MR) is 81.6 cm³/mol. The second kappa shape index (κ2) is 6.38. The summed E-state index contributed by atoms with van der Waals surface area (Å²) in [6, 6.07) is 0. The predicted octanol–water partition coefficient (Wildman–Crippen LogP) is 3.10. The van der Waals surface area contributed by atoms with Crippen LogP contribution in [0.5, 0.6) is 11.5 Å². The molecule has 22 heavy (non-hydrogen) atoms. The molecule has 1 aromatic rings. The highest BCUT2D eigenvalue weighted by molar-refractivity contribution is 5.79. The summed E-state index contributed by atoms with van der Waals surface area (Å²) in [5.41, 5.74) is 3.85. The van der Waals surface area contributed by atoms with Gasteiger partial charge < -0.3 is 14.6 Å². The summed E-state index contributed by atoms with van der Waals surface area (Å²) in [4.78, 5) is 22.4. The first-order valence-electron chi connectivity index (χ1n) is 7.53. The molecule has 0 radical (unpaired) electrons. The Bertz CT molecular complexity index is 618. The Morgan fingerprint density at radius 2 is 1.86 bits per heavy atom. The van der Waals surface area contributed by atoms with Gasteiger partial charge in [0.15, 0.2) is 0 Å². The summed E-state index contributed by atoms with van der Waals surface area (Å²) in [6.45, 7) is 7.82. The van der Waals surface area contributed by atoms with Gasteiger partial charge in [-0.05, 0) is 57.2 Å². The molecule has 2 rings (SSSR count). The van der Waals surface area contributed by atoms with Crippen LogP contribution in [-0.4, -0.2) is 23.1 Å². The number of hydrogen-bond acceptors (Lipinski definition) is 4. The van der Waals surface area contributed by atoms with Crippen LogP contribution in [0.2, 0.25) is 0 Å². The third-order valence-corrected chi connectivity index (χ3v) is 4.19.